The standard InChI is InChI=1S/C7H10O5/c1-2-11-6(9)7(10)4-3-5(8)12-7/h10H,2-4H2,1H3. The van der Waals surface area contributed by atoms with E-state index < -0.39 is 17.7 Å². The van der Waals surface area contributed by atoms with Crippen LogP contribution in [-0.4, -0.2) is 29.4 Å². The lowest BCUT2D eigenvalue weighted by Crippen LogP contribution is -2.39. The Kier molecular flexibility index (Phi) is 2.32. The zero-order valence-corrected chi connectivity index (χ0v) is 6.70. The van der Waals surface area contributed by atoms with Crippen molar-refractivity contribution >= 4 is 11.9 Å². The molecule has 0 radical (unpaired) electrons. The van der Waals surface area contributed by atoms with Crippen molar-refractivity contribution in [1.82, 2.24) is 0 Å². The van der Waals surface area contributed by atoms with Gasteiger partial charge >= 0.3 is 17.7 Å². The van der Waals surface area contributed by atoms with Gasteiger partial charge in [-0.2, -0.15) is 0 Å². The van der Waals surface area contributed by atoms with Gasteiger partial charge in [0.1, 0.15) is 0 Å². The highest BCUT2D eigenvalue weighted by molar-refractivity contribution is 5.85. The average Bonchev–Trinajstić information content (AvgIpc) is 2.33. The van der Waals surface area contributed by atoms with Crippen molar-refractivity contribution in [2.75, 3.05) is 6.61 Å². The van der Waals surface area contributed by atoms with Gasteiger partial charge in [-0.1, -0.05) is 0 Å². The van der Waals surface area contributed by atoms with Crippen LogP contribution >= 0.6 is 0 Å². The van der Waals surface area contributed by atoms with Crippen molar-refractivity contribution in [3.63, 3.8) is 0 Å². The molecule has 1 fully saturated rings. The van der Waals surface area contributed by atoms with Gasteiger partial charge < -0.3 is 14.6 Å². The Labute approximate surface area is 69.3 Å². The third kappa shape index (κ3) is 1.55. The van der Waals surface area contributed by atoms with Crippen LogP contribution in [0.15, 0.2) is 0 Å². The van der Waals surface area contributed by atoms with Gasteiger partial charge in [0.15, 0.2) is 0 Å². The Hall–Kier alpha value is -1.10. The van der Waals surface area contributed by atoms with Gasteiger partial charge in [-0.25, -0.2) is 4.79 Å². The molecule has 68 valence electrons. The van der Waals surface area contributed by atoms with E-state index in [0.717, 1.165) is 0 Å². The summed E-state index contributed by atoms with van der Waals surface area (Å²) in [6.45, 7) is 1.76. The number of ether oxygens (including phenoxy) is 2. The lowest BCUT2D eigenvalue weighted by molar-refractivity contribution is -0.213. The van der Waals surface area contributed by atoms with Gasteiger partial charge in [-0.05, 0) is 6.92 Å². The quantitative estimate of drug-likeness (QED) is 0.575. The number of hydrogen-bond acceptors (Lipinski definition) is 5. The second-order valence-corrected chi connectivity index (χ2v) is 2.48. The molecule has 1 heterocycles. The van der Waals surface area contributed by atoms with E-state index in [-0.39, 0.29) is 19.4 Å². The molecule has 1 atom stereocenters. The molecule has 0 saturated carbocycles. The Morgan fingerprint density at radius 2 is 2.50 bits per heavy atom. The molecule has 0 bridgehead atoms. The largest absolute Gasteiger partial charge is 0.461 e. The molecular weight excluding hydrogens is 164 g/mol. The molecule has 1 rings (SSSR count). The molecular formula is C7H10O5. The fourth-order valence-corrected chi connectivity index (χ4v) is 0.949. The van der Waals surface area contributed by atoms with Gasteiger partial charge in [0.05, 0.1) is 13.0 Å². The molecule has 12 heavy (non-hydrogen) atoms. The number of carbonyl (C=O) groups excluding carboxylic acids is 2. The van der Waals surface area contributed by atoms with E-state index in [9.17, 15) is 14.7 Å². The molecule has 5 nitrogen and oxygen atoms in total. The van der Waals surface area contributed by atoms with Crippen molar-refractivity contribution < 1.29 is 24.2 Å². The molecule has 0 amide bonds. The Morgan fingerprint density at radius 1 is 1.83 bits per heavy atom. The summed E-state index contributed by atoms with van der Waals surface area (Å²) in [5.74, 6) is -3.51. The minimum atomic E-state index is -2.03. The van der Waals surface area contributed by atoms with Crippen molar-refractivity contribution in [3.05, 3.63) is 0 Å². The molecule has 1 saturated heterocycles. The number of aliphatic hydroxyl groups is 1. The summed E-state index contributed by atoms with van der Waals surface area (Å²) >= 11 is 0. The maximum Gasteiger partial charge on any atom is 0.379 e. The van der Waals surface area contributed by atoms with Crippen LogP contribution in [0.2, 0.25) is 0 Å². The minimum absolute atomic E-state index is 0.0231. The number of cyclic esters (lactones) is 1. The Morgan fingerprint density at radius 3 is 2.92 bits per heavy atom. The lowest BCUT2D eigenvalue weighted by Gasteiger charge is -2.17. The first kappa shape index (κ1) is 8.99. The van der Waals surface area contributed by atoms with Crippen molar-refractivity contribution in [3.8, 4) is 0 Å². The lowest BCUT2D eigenvalue weighted by atomic mass is 10.2. The smallest absolute Gasteiger partial charge is 0.379 e. The second kappa shape index (κ2) is 3.10. The van der Waals surface area contributed by atoms with Crippen LogP contribution in [0.1, 0.15) is 19.8 Å². The van der Waals surface area contributed by atoms with E-state index in [2.05, 4.69) is 9.47 Å². The highest BCUT2D eigenvalue weighted by Gasteiger charge is 2.47. The average molecular weight is 174 g/mol. The predicted molar refractivity (Wildman–Crippen MR) is 36.9 cm³/mol. The molecule has 0 aliphatic carbocycles. The first-order valence-corrected chi connectivity index (χ1v) is 3.70. The van der Waals surface area contributed by atoms with Crippen molar-refractivity contribution in [2.45, 2.75) is 25.6 Å². The molecule has 1 N–H and O–H groups in total. The summed E-state index contributed by atoms with van der Waals surface area (Å²) in [6.07, 6.45) is 0.0278. The number of carbonyl (C=O) groups is 2. The first-order chi connectivity index (χ1) is 5.58. The topological polar surface area (TPSA) is 72.8 Å². The molecule has 0 aromatic carbocycles. The Balaban J connectivity index is 2.60. The van der Waals surface area contributed by atoms with Crippen LogP contribution in [0.4, 0.5) is 0 Å². The summed E-state index contributed by atoms with van der Waals surface area (Å²) in [7, 11) is 0. The van der Waals surface area contributed by atoms with Gasteiger partial charge in [0.25, 0.3) is 0 Å². The van der Waals surface area contributed by atoms with Crippen molar-refractivity contribution in [2.24, 2.45) is 0 Å². The van der Waals surface area contributed by atoms with E-state index in [1.165, 1.54) is 0 Å². The van der Waals surface area contributed by atoms with E-state index in [0.29, 0.717) is 0 Å². The second-order valence-electron chi connectivity index (χ2n) is 2.48. The summed E-state index contributed by atoms with van der Waals surface area (Å²) < 4.78 is 8.92. The summed E-state index contributed by atoms with van der Waals surface area (Å²) in [4.78, 5) is 21.5. The predicted octanol–water partition coefficient (Wildman–Crippen LogP) is -0.425. The molecule has 5 heteroatoms. The maximum absolute atomic E-state index is 11.0. The van der Waals surface area contributed by atoms with E-state index >= 15 is 0 Å². The SMILES string of the molecule is CCOC(=O)C1(O)CCC(=O)O1. The molecule has 1 aliphatic heterocycles. The number of rotatable bonds is 2. The third-order valence-electron chi connectivity index (χ3n) is 1.55. The Bertz CT molecular complexity index is 212. The molecule has 1 aliphatic rings. The van der Waals surface area contributed by atoms with Crippen LogP contribution in [0.3, 0.4) is 0 Å². The van der Waals surface area contributed by atoms with Crippen LogP contribution in [0, 0.1) is 0 Å². The molecule has 0 aromatic rings. The highest BCUT2D eigenvalue weighted by Crippen LogP contribution is 2.24. The fourth-order valence-electron chi connectivity index (χ4n) is 0.949. The van der Waals surface area contributed by atoms with Crippen LogP contribution in [-0.2, 0) is 19.1 Å². The third-order valence-corrected chi connectivity index (χ3v) is 1.55. The van der Waals surface area contributed by atoms with E-state index in [4.69, 9.17) is 0 Å². The zero-order valence-electron chi connectivity index (χ0n) is 6.70. The van der Waals surface area contributed by atoms with Gasteiger partial charge in [-0.3, -0.25) is 4.79 Å². The minimum Gasteiger partial charge on any atom is -0.461 e. The van der Waals surface area contributed by atoms with Crippen LogP contribution < -0.4 is 0 Å². The van der Waals surface area contributed by atoms with Crippen LogP contribution in [0.25, 0.3) is 0 Å². The van der Waals surface area contributed by atoms with Gasteiger partial charge in [0, 0.05) is 6.42 Å². The molecule has 0 aromatic heterocycles. The van der Waals surface area contributed by atoms with E-state index in [1.54, 1.807) is 6.92 Å². The molecule has 0 spiro atoms. The normalized spacial score (nSPS) is 28.3. The van der Waals surface area contributed by atoms with Gasteiger partial charge in [0.2, 0.25) is 0 Å². The molecule has 1 unspecified atom stereocenters. The highest BCUT2D eigenvalue weighted by atomic mass is 16.7. The summed E-state index contributed by atoms with van der Waals surface area (Å²) in [5.41, 5.74) is 0. The summed E-state index contributed by atoms with van der Waals surface area (Å²) in [6, 6.07) is 0. The van der Waals surface area contributed by atoms with Crippen molar-refractivity contribution in [1.29, 1.82) is 0 Å². The van der Waals surface area contributed by atoms with Crippen LogP contribution in [0.5, 0.6) is 0 Å². The maximum atomic E-state index is 11.0. The number of hydrogen-bond donors (Lipinski definition) is 1. The first-order valence-electron chi connectivity index (χ1n) is 3.70. The van der Waals surface area contributed by atoms with E-state index in [1.807, 2.05) is 0 Å². The summed E-state index contributed by atoms with van der Waals surface area (Å²) in [5, 5.41) is 9.34. The number of esters is 2. The van der Waals surface area contributed by atoms with Gasteiger partial charge in [-0.15, -0.1) is 0 Å². The monoisotopic (exact) mass is 174 g/mol. The fraction of sp³-hybridized carbons (Fsp3) is 0.714. The zero-order chi connectivity index (χ0) is 9.19.